The first kappa shape index (κ1) is 79.7. The number of rotatable bonds is 67. The number of nitrogens with one attached hydrogen (secondary N) is 1. The number of amides is 1. The van der Waals surface area contributed by atoms with Crippen LogP contribution >= 0.6 is 7.82 Å². The van der Waals surface area contributed by atoms with Crippen LogP contribution < -0.4 is 10.2 Å². The highest BCUT2D eigenvalue weighted by Gasteiger charge is 2.23. The fraction of sp³-hybridized carbons (Fsp3) is 0.903. The van der Waals surface area contributed by atoms with E-state index in [1.807, 2.05) is 27.2 Å². The molecule has 0 aliphatic rings. The molecule has 480 valence electrons. The Morgan fingerprint density at radius 2 is 0.691 bits per heavy atom. The number of aliphatic hydroxyl groups is 1. The maximum Gasteiger partial charge on any atom is 0.268 e. The lowest BCUT2D eigenvalue weighted by molar-refractivity contribution is -0.870. The Morgan fingerprint density at radius 1 is 0.420 bits per heavy atom. The number of phosphoric ester groups is 1. The second kappa shape index (κ2) is 63.2. The number of likely N-dealkylation sites (N-methyl/N-ethyl adjacent to an activating group) is 1. The highest BCUT2D eigenvalue weighted by Crippen LogP contribution is 2.38. The summed E-state index contributed by atoms with van der Waals surface area (Å²) < 4.78 is 23.4. The molecule has 0 spiro atoms. The lowest BCUT2D eigenvalue weighted by atomic mass is 10.0. The van der Waals surface area contributed by atoms with E-state index in [4.69, 9.17) is 9.05 Å². The van der Waals surface area contributed by atoms with Gasteiger partial charge in [0.25, 0.3) is 7.82 Å². The van der Waals surface area contributed by atoms with Crippen LogP contribution in [0.25, 0.3) is 0 Å². The average Bonchev–Trinajstić information content (AvgIpc) is 3.43. The normalized spacial score (nSPS) is 13.8. The van der Waals surface area contributed by atoms with Crippen LogP contribution in [0, 0.1) is 0 Å². The molecule has 0 aromatic carbocycles. The van der Waals surface area contributed by atoms with Crippen molar-refractivity contribution in [2.24, 2.45) is 0 Å². The topological polar surface area (TPSA) is 108 Å². The number of aliphatic hydroxyl groups excluding tert-OH is 1. The molecule has 0 heterocycles. The van der Waals surface area contributed by atoms with Gasteiger partial charge in [0.15, 0.2) is 0 Å². The Kier molecular flexibility index (Phi) is 62.2. The SMILES string of the molecule is CCCCCCCCCC/C=C\CCCCCCCCCCCCCCCCCCCCCCCCCC(=O)NC(COP(=O)([O-])OCC[N+](C)(C)C)C(O)/C=C/CC/C=C/CCCCCCCCCCCCCCCCCCCC. The Balaban J connectivity index is 4.01. The first-order valence-corrected chi connectivity index (χ1v) is 37.3. The predicted molar refractivity (Wildman–Crippen MR) is 353 cm³/mol. The van der Waals surface area contributed by atoms with Crippen LogP contribution in [-0.2, 0) is 18.4 Å². The van der Waals surface area contributed by atoms with Crippen molar-refractivity contribution in [3.05, 3.63) is 36.5 Å². The van der Waals surface area contributed by atoms with Crippen molar-refractivity contribution >= 4 is 13.7 Å². The zero-order chi connectivity index (χ0) is 59.1. The number of carbonyl (C=O) groups excluding carboxylic acids is 1. The minimum Gasteiger partial charge on any atom is -0.756 e. The van der Waals surface area contributed by atoms with Crippen molar-refractivity contribution in [3.8, 4) is 0 Å². The predicted octanol–water partition coefficient (Wildman–Crippen LogP) is 22.2. The van der Waals surface area contributed by atoms with E-state index in [0.717, 1.165) is 38.5 Å². The fourth-order valence-corrected chi connectivity index (χ4v) is 11.7. The second-order valence-electron chi connectivity index (χ2n) is 25.9. The molecule has 3 unspecified atom stereocenters. The summed E-state index contributed by atoms with van der Waals surface area (Å²) in [4.78, 5) is 25.6. The van der Waals surface area contributed by atoms with Gasteiger partial charge < -0.3 is 28.8 Å². The third-order valence-electron chi connectivity index (χ3n) is 16.6. The molecule has 0 rings (SSSR count). The molecule has 0 saturated carbocycles. The van der Waals surface area contributed by atoms with Crippen molar-refractivity contribution in [2.75, 3.05) is 40.9 Å². The van der Waals surface area contributed by atoms with Crippen LogP contribution in [0.1, 0.15) is 367 Å². The first-order chi connectivity index (χ1) is 39.5. The van der Waals surface area contributed by atoms with Gasteiger partial charge in [-0.2, -0.15) is 0 Å². The molecule has 0 aromatic heterocycles. The smallest absolute Gasteiger partial charge is 0.268 e. The third-order valence-corrected chi connectivity index (χ3v) is 17.5. The van der Waals surface area contributed by atoms with Crippen molar-refractivity contribution in [1.82, 2.24) is 5.32 Å². The number of nitrogens with zero attached hydrogens (tertiary/aromatic N) is 1. The van der Waals surface area contributed by atoms with Crippen LogP contribution in [0.15, 0.2) is 36.5 Å². The van der Waals surface area contributed by atoms with Gasteiger partial charge in [-0.25, -0.2) is 0 Å². The highest BCUT2D eigenvalue weighted by atomic mass is 31.2. The maximum atomic E-state index is 13.0. The van der Waals surface area contributed by atoms with Crippen LogP contribution in [0.3, 0.4) is 0 Å². The van der Waals surface area contributed by atoms with Gasteiger partial charge in [0.1, 0.15) is 13.2 Å². The van der Waals surface area contributed by atoms with Gasteiger partial charge >= 0.3 is 0 Å². The summed E-state index contributed by atoms with van der Waals surface area (Å²) in [7, 11) is 1.26. The molecule has 0 aromatic rings. The number of quaternary nitrogens is 1. The van der Waals surface area contributed by atoms with Crippen molar-refractivity contribution in [2.45, 2.75) is 379 Å². The van der Waals surface area contributed by atoms with Crippen LogP contribution in [0.2, 0.25) is 0 Å². The van der Waals surface area contributed by atoms with E-state index in [2.05, 4.69) is 43.5 Å². The van der Waals surface area contributed by atoms with Crippen LogP contribution in [0.4, 0.5) is 0 Å². The summed E-state index contributed by atoms with van der Waals surface area (Å²) in [6.07, 6.45) is 84.3. The molecule has 0 aliphatic carbocycles. The lowest BCUT2D eigenvalue weighted by Crippen LogP contribution is -2.45. The van der Waals surface area contributed by atoms with Gasteiger partial charge in [-0.05, 0) is 57.8 Å². The third kappa shape index (κ3) is 66.1. The van der Waals surface area contributed by atoms with Gasteiger partial charge in [0, 0.05) is 6.42 Å². The molecule has 9 heteroatoms. The van der Waals surface area contributed by atoms with Crippen molar-refractivity contribution in [1.29, 1.82) is 0 Å². The van der Waals surface area contributed by atoms with E-state index in [0.29, 0.717) is 17.4 Å². The molecule has 1 amide bonds. The molecular formula is C72H141N2O6P. The summed E-state index contributed by atoms with van der Waals surface area (Å²) in [6.45, 7) is 4.69. The van der Waals surface area contributed by atoms with E-state index in [1.165, 1.54) is 308 Å². The summed E-state index contributed by atoms with van der Waals surface area (Å²) in [6, 6.07) is -0.903. The van der Waals surface area contributed by atoms with Gasteiger partial charge in [0.2, 0.25) is 5.91 Å². The van der Waals surface area contributed by atoms with Crippen molar-refractivity contribution < 1.29 is 32.9 Å². The van der Waals surface area contributed by atoms with Crippen molar-refractivity contribution in [3.63, 3.8) is 0 Å². The number of carbonyl (C=O) groups is 1. The number of hydrogen-bond acceptors (Lipinski definition) is 6. The Bertz CT molecular complexity index is 1410. The van der Waals surface area contributed by atoms with E-state index in [9.17, 15) is 19.4 Å². The van der Waals surface area contributed by atoms with Gasteiger partial charge in [0.05, 0.1) is 39.9 Å². The number of hydrogen-bond donors (Lipinski definition) is 2. The van der Waals surface area contributed by atoms with Gasteiger partial charge in [-0.3, -0.25) is 9.36 Å². The van der Waals surface area contributed by atoms with E-state index in [1.54, 1.807) is 6.08 Å². The molecule has 8 nitrogen and oxygen atoms in total. The van der Waals surface area contributed by atoms with Gasteiger partial charge in [-0.1, -0.05) is 339 Å². The minimum atomic E-state index is -4.61. The number of allylic oxidation sites excluding steroid dienone is 5. The minimum absolute atomic E-state index is 0.00425. The van der Waals surface area contributed by atoms with Gasteiger partial charge in [-0.15, -0.1) is 0 Å². The number of unbranched alkanes of at least 4 members (excludes halogenated alkanes) is 50. The van der Waals surface area contributed by atoms with E-state index >= 15 is 0 Å². The molecule has 3 atom stereocenters. The maximum absolute atomic E-state index is 13.0. The first-order valence-electron chi connectivity index (χ1n) is 35.9. The van der Waals surface area contributed by atoms with E-state index in [-0.39, 0.29) is 19.1 Å². The summed E-state index contributed by atoms with van der Waals surface area (Å²) in [5, 5.41) is 13.9. The Labute approximate surface area is 506 Å². The quantitative estimate of drug-likeness (QED) is 0.0272. The Hall–Kier alpha value is -1.28. The molecular weight excluding hydrogens is 1020 g/mol. The molecule has 0 fully saturated rings. The summed E-state index contributed by atoms with van der Waals surface area (Å²) in [5.41, 5.74) is 0. The molecule has 0 bridgehead atoms. The molecule has 81 heavy (non-hydrogen) atoms. The average molecular weight is 1160 g/mol. The largest absolute Gasteiger partial charge is 0.756 e. The van der Waals surface area contributed by atoms with Crippen LogP contribution in [0.5, 0.6) is 0 Å². The highest BCUT2D eigenvalue weighted by molar-refractivity contribution is 7.45. The Morgan fingerprint density at radius 3 is 1.00 bits per heavy atom. The summed E-state index contributed by atoms with van der Waals surface area (Å²) in [5.74, 6) is -0.199. The molecule has 0 radical (unpaired) electrons. The monoisotopic (exact) mass is 1160 g/mol. The van der Waals surface area contributed by atoms with Crippen LogP contribution in [-0.4, -0.2) is 68.5 Å². The molecule has 2 N–H and O–H groups in total. The second-order valence-corrected chi connectivity index (χ2v) is 27.3. The standard InChI is InChI=1S/C72H141N2O6P/c1-6-8-10-12-14-16-18-20-22-24-26-28-30-32-33-34-35-36-37-38-39-40-41-42-44-46-48-50-52-54-56-58-60-62-64-66-72(76)73-70(69-80-81(77,78)79-68-67-74(3,4)5)71(75)65-63-61-59-57-55-53-51-49-47-45-43-31-29-27-25-23-21-19-17-15-13-11-9-7-2/h24,26,55,57,63,65,70-71,75H,6-23,25,27-54,56,58-62,64,66-69H2,1-5H3,(H-,73,76,77,78)/b26-24-,57-55+,65-63+. The molecule has 0 saturated heterocycles. The van der Waals surface area contributed by atoms with E-state index < -0.39 is 20.0 Å². The molecule has 0 aliphatic heterocycles. The fourth-order valence-electron chi connectivity index (χ4n) is 11.0. The number of phosphoric acid groups is 1. The zero-order valence-electron chi connectivity index (χ0n) is 55.0. The summed E-state index contributed by atoms with van der Waals surface area (Å²) >= 11 is 0. The lowest BCUT2D eigenvalue weighted by Gasteiger charge is -2.29. The zero-order valence-corrected chi connectivity index (χ0v) is 55.9.